The lowest BCUT2D eigenvalue weighted by Crippen LogP contribution is -2.00. The molecule has 0 spiro atoms. The summed E-state index contributed by atoms with van der Waals surface area (Å²) in [6, 6.07) is 7.42. The van der Waals surface area contributed by atoms with Crippen LogP contribution in [0.2, 0.25) is 0 Å². The maximum atomic E-state index is 10.8. The van der Waals surface area contributed by atoms with Gasteiger partial charge in [-0.2, -0.15) is 0 Å². The summed E-state index contributed by atoms with van der Waals surface area (Å²) >= 11 is 0. The van der Waals surface area contributed by atoms with Crippen LogP contribution in [0.4, 0.5) is 5.69 Å². The van der Waals surface area contributed by atoms with Crippen molar-refractivity contribution >= 4 is 22.6 Å². The van der Waals surface area contributed by atoms with Crippen molar-refractivity contribution in [3.8, 4) is 17.2 Å². The predicted octanol–water partition coefficient (Wildman–Crippen LogP) is 2.63. The minimum Gasteiger partial charge on any atom is -0.508 e. The number of rotatable bonds is 5. The van der Waals surface area contributed by atoms with Crippen LogP contribution in [-0.2, 0) is 17.8 Å². The van der Waals surface area contributed by atoms with Crippen LogP contribution in [0.5, 0.6) is 17.2 Å². The number of phenolic OH excluding ortho intramolecular Hbond substituents is 2. The first-order valence-electron chi connectivity index (χ1n) is 7.09. The summed E-state index contributed by atoms with van der Waals surface area (Å²) in [6.07, 6.45) is 1.15. The number of ether oxygens (including phenoxy) is 1. The van der Waals surface area contributed by atoms with Gasteiger partial charge in [0.25, 0.3) is 0 Å². The van der Waals surface area contributed by atoms with Gasteiger partial charge in [0.1, 0.15) is 17.9 Å². The Morgan fingerprint density at radius 2 is 1.96 bits per heavy atom. The molecule has 0 amide bonds. The molecule has 3 rings (SSSR count). The minimum atomic E-state index is -0.986. The Bertz CT molecular complexity index is 915. The van der Waals surface area contributed by atoms with Crippen LogP contribution in [0, 0.1) is 0 Å². The molecular weight excluding hydrogens is 314 g/mol. The molecule has 1 heterocycles. The quantitative estimate of drug-likeness (QED) is 0.530. The fourth-order valence-electron chi connectivity index (χ4n) is 2.38. The number of aliphatic carboxylic acids is 1. The fourth-order valence-corrected chi connectivity index (χ4v) is 2.38. The first-order chi connectivity index (χ1) is 11.4. The van der Waals surface area contributed by atoms with Crippen molar-refractivity contribution in [2.75, 3.05) is 5.73 Å². The summed E-state index contributed by atoms with van der Waals surface area (Å²) in [6.45, 7) is 0.0911. The summed E-state index contributed by atoms with van der Waals surface area (Å²) in [5, 5.41) is 28.8. The Morgan fingerprint density at radius 1 is 1.17 bits per heavy atom. The Balaban J connectivity index is 1.84. The molecule has 0 saturated carbocycles. The number of aromatic hydroxyl groups is 2. The molecule has 0 atom stereocenters. The van der Waals surface area contributed by atoms with Gasteiger partial charge in [0, 0.05) is 34.3 Å². The van der Waals surface area contributed by atoms with Gasteiger partial charge < -0.3 is 30.2 Å². The van der Waals surface area contributed by atoms with E-state index in [0.717, 1.165) is 0 Å². The topological polar surface area (TPSA) is 126 Å². The molecule has 0 bridgehead atoms. The second kappa shape index (κ2) is 6.04. The second-order valence-corrected chi connectivity index (χ2v) is 5.32. The molecule has 24 heavy (non-hydrogen) atoms. The van der Waals surface area contributed by atoms with Crippen LogP contribution in [0.1, 0.15) is 11.1 Å². The number of furan rings is 1. The van der Waals surface area contributed by atoms with Crippen LogP contribution < -0.4 is 10.5 Å². The lowest BCUT2D eigenvalue weighted by molar-refractivity contribution is -0.136. The number of carbonyl (C=O) groups is 1. The van der Waals surface area contributed by atoms with Crippen LogP contribution in [0.15, 0.2) is 41.0 Å². The van der Waals surface area contributed by atoms with Gasteiger partial charge in [-0.25, -0.2) is 0 Å². The van der Waals surface area contributed by atoms with Crippen molar-refractivity contribution in [3.63, 3.8) is 0 Å². The summed E-state index contributed by atoms with van der Waals surface area (Å²) in [5.41, 5.74) is 7.70. The monoisotopic (exact) mass is 329 g/mol. The van der Waals surface area contributed by atoms with Crippen LogP contribution in [0.3, 0.4) is 0 Å². The molecule has 0 fully saturated rings. The largest absolute Gasteiger partial charge is 0.508 e. The normalized spacial score (nSPS) is 10.8. The average Bonchev–Trinajstić information content (AvgIpc) is 2.87. The van der Waals surface area contributed by atoms with Crippen molar-refractivity contribution in [3.05, 3.63) is 47.7 Å². The van der Waals surface area contributed by atoms with E-state index in [-0.39, 0.29) is 30.3 Å². The van der Waals surface area contributed by atoms with Crippen LogP contribution in [0.25, 0.3) is 11.0 Å². The zero-order valence-corrected chi connectivity index (χ0v) is 12.5. The highest BCUT2D eigenvalue weighted by Crippen LogP contribution is 2.35. The molecule has 2 aromatic carbocycles. The van der Waals surface area contributed by atoms with Crippen LogP contribution in [-0.4, -0.2) is 21.3 Å². The van der Waals surface area contributed by atoms with E-state index in [1.54, 1.807) is 6.07 Å². The van der Waals surface area contributed by atoms with E-state index < -0.39 is 5.97 Å². The van der Waals surface area contributed by atoms with Gasteiger partial charge in [-0.05, 0) is 18.2 Å². The van der Waals surface area contributed by atoms with E-state index >= 15 is 0 Å². The van der Waals surface area contributed by atoms with Gasteiger partial charge in [-0.15, -0.1) is 0 Å². The van der Waals surface area contributed by atoms with Crippen molar-refractivity contribution in [1.82, 2.24) is 0 Å². The van der Waals surface area contributed by atoms with E-state index in [9.17, 15) is 15.0 Å². The van der Waals surface area contributed by atoms with Crippen molar-refractivity contribution in [1.29, 1.82) is 0 Å². The number of hydrogen-bond acceptors (Lipinski definition) is 6. The van der Waals surface area contributed by atoms with Gasteiger partial charge in [0.2, 0.25) is 0 Å². The number of phenols is 2. The van der Waals surface area contributed by atoms with Crippen molar-refractivity contribution in [2.24, 2.45) is 0 Å². The Hall–Kier alpha value is -3.35. The van der Waals surface area contributed by atoms with E-state index in [2.05, 4.69) is 0 Å². The molecule has 1 aromatic heterocycles. The molecule has 0 radical (unpaired) electrons. The summed E-state index contributed by atoms with van der Waals surface area (Å²) in [7, 11) is 0. The van der Waals surface area contributed by atoms with E-state index in [1.165, 1.54) is 30.5 Å². The molecule has 124 valence electrons. The van der Waals surface area contributed by atoms with Crippen molar-refractivity contribution < 1.29 is 29.3 Å². The van der Waals surface area contributed by atoms with E-state index in [1.807, 2.05) is 0 Å². The SMILES string of the molecule is Nc1cc(O)ccc1COc1cc2occ(CC(=O)O)c2cc1O. The molecule has 7 heteroatoms. The van der Waals surface area contributed by atoms with Crippen molar-refractivity contribution in [2.45, 2.75) is 13.0 Å². The lowest BCUT2D eigenvalue weighted by atomic mass is 10.1. The van der Waals surface area contributed by atoms with Gasteiger partial charge in [0.15, 0.2) is 11.5 Å². The molecule has 7 nitrogen and oxygen atoms in total. The molecule has 3 aromatic rings. The van der Waals surface area contributed by atoms with E-state index in [4.69, 9.17) is 20.0 Å². The third-order valence-corrected chi connectivity index (χ3v) is 3.59. The Morgan fingerprint density at radius 3 is 2.67 bits per heavy atom. The maximum absolute atomic E-state index is 10.8. The van der Waals surface area contributed by atoms with Gasteiger partial charge >= 0.3 is 5.97 Å². The summed E-state index contributed by atoms with van der Waals surface area (Å²) < 4.78 is 10.9. The second-order valence-electron chi connectivity index (χ2n) is 5.32. The molecule has 5 N–H and O–H groups in total. The number of carboxylic acid groups (broad SMARTS) is 1. The predicted molar refractivity (Wildman–Crippen MR) is 86.1 cm³/mol. The molecular formula is C17H15NO6. The number of fused-ring (bicyclic) bond motifs is 1. The number of hydrogen-bond donors (Lipinski definition) is 4. The summed E-state index contributed by atoms with van der Waals surface area (Å²) in [4.78, 5) is 10.8. The number of anilines is 1. The Kier molecular flexibility index (Phi) is 3.91. The highest BCUT2D eigenvalue weighted by atomic mass is 16.5. The number of carboxylic acids is 1. The summed E-state index contributed by atoms with van der Waals surface area (Å²) in [5.74, 6) is -0.874. The first kappa shape index (κ1) is 15.5. The van der Waals surface area contributed by atoms with Crippen LogP contribution >= 0.6 is 0 Å². The van der Waals surface area contributed by atoms with Gasteiger partial charge in [-0.1, -0.05) is 0 Å². The first-order valence-corrected chi connectivity index (χ1v) is 7.09. The third kappa shape index (κ3) is 3.05. The van der Waals surface area contributed by atoms with Gasteiger partial charge in [-0.3, -0.25) is 4.79 Å². The highest BCUT2D eigenvalue weighted by Gasteiger charge is 2.14. The molecule has 0 unspecified atom stereocenters. The molecule has 0 aliphatic rings. The highest BCUT2D eigenvalue weighted by molar-refractivity contribution is 5.87. The zero-order chi connectivity index (χ0) is 17.3. The smallest absolute Gasteiger partial charge is 0.307 e. The fraction of sp³-hybridized carbons (Fsp3) is 0.118. The average molecular weight is 329 g/mol. The van der Waals surface area contributed by atoms with E-state index in [0.29, 0.717) is 27.8 Å². The number of nitrogens with two attached hydrogens (primary N) is 1. The molecule has 0 saturated heterocycles. The standard InChI is InChI=1S/C17H15NO6/c18-13-4-11(19)2-1-9(13)7-24-16-6-15-12(5-14(16)20)10(8-23-15)3-17(21)22/h1-2,4-6,8,19-20H,3,7,18H2,(H,21,22). The molecule has 0 aliphatic heterocycles. The third-order valence-electron chi connectivity index (χ3n) is 3.59. The Labute approximate surface area is 136 Å². The minimum absolute atomic E-state index is 0.0575. The number of benzene rings is 2. The van der Waals surface area contributed by atoms with Gasteiger partial charge in [0.05, 0.1) is 12.7 Å². The zero-order valence-electron chi connectivity index (χ0n) is 12.5. The number of nitrogen functional groups attached to an aromatic ring is 1. The molecule has 0 aliphatic carbocycles. The maximum Gasteiger partial charge on any atom is 0.307 e. The lowest BCUT2D eigenvalue weighted by Gasteiger charge is -2.10.